The molecule has 7 nitrogen and oxygen atoms in total. The fraction of sp³-hybridized carbons (Fsp3) is 0.800. The number of hydrogen-bond acceptors (Lipinski definition) is 3. The summed E-state index contributed by atoms with van der Waals surface area (Å²) in [6.45, 7) is -0.824. The smallest absolute Gasteiger partial charge is 0.354 e. The summed E-state index contributed by atoms with van der Waals surface area (Å²) < 4.78 is 14.0. The lowest BCUT2D eigenvalue weighted by Crippen LogP contribution is -2.28. The second-order valence-electron chi connectivity index (χ2n) is 2.17. The second kappa shape index (κ2) is 6.06. The van der Waals surface area contributed by atoms with Gasteiger partial charge in [0.15, 0.2) is 0 Å². The van der Waals surface area contributed by atoms with Crippen LogP contribution in [0.3, 0.4) is 0 Å². The van der Waals surface area contributed by atoms with Crippen molar-refractivity contribution >= 4 is 13.7 Å². The fourth-order valence-corrected chi connectivity index (χ4v) is 0.779. The third-order valence-corrected chi connectivity index (χ3v) is 1.47. The molecule has 0 aromatic heterocycles. The molecule has 0 aromatic carbocycles. The van der Waals surface area contributed by atoms with Gasteiger partial charge >= 0.3 is 7.82 Å². The number of carbonyl (C=O) groups is 1. The van der Waals surface area contributed by atoms with Crippen molar-refractivity contribution in [3.05, 3.63) is 0 Å². The van der Waals surface area contributed by atoms with E-state index in [1.54, 1.807) is 0 Å². The minimum atomic E-state index is -4.58. The van der Waals surface area contributed by atoms with E-state index in [1.807, 2.05) is 0 Å². The molecular formula is C5H11NO6P. The molecule has 0 saturated heterocycles. The molecule has 0 aliphatic heterocycles. The van der Waals surface area contributed by atoms with Crippen LogP contribution < -0.4 is 5.32 Å². The zero-order chi connectivity index (χ0) is 10.3. The largest absolute Gasteiger partial charge is 0.470 e. The molecule has 3 N–H and O–H groups in total. The standard InChI is InChI=1S/C5H11NO6P/c7-3-1-2-6-5(8)4-12-13(9,10)11/h1-4H2,(H,6,8)(H2,9,10,11). The summed E-state index contributed by atoms with van der Waals surface area (Å²) in [4.78, 5) is 27.1. The third-order valence-electron chi connectivity index (χ3n) is 1.01. The molecule has 0 aliphatic rings. The zero-order valence-electron chi connectivity index (χ0n) is 6.80. The molecule has 8 heteroatoms. The molecule has 0 heterocycles. The second-order valence-corrected chi connectivity index (χ2v) is 3.41. The van der Waals surface area contributed by atoms with Crippen LogP contribution in [-0.4, -0.2) is 35.5 Å². The minimum absolute atomic E-state index is 0.187. The van der Waals surface area contributed by atoms with Crippen LogP contribution in [0.4, 0.5) is 0 Å². The number of phosphoric acid groups is 1. The van der Waals surface area contributed by atoms with Gasteiger partial charge in [0.1, 0.15) is 6.61 Å². The maximum Gasteiger partial charge on any atom is 0.470 e. The highest BCUT2D eigenvalue weighted by molar-refractivity contribution is 7.46. The maximum atomic E-state index is 10.7. The van der Waals surface area contributed by atoms with Crippen LogP contribution in [0.5, 0.6) is 0 Å². The predicted molar refractivity (Wildman–Crippen MR) is 41.2 cm³/mol. The number of carbonyl (C=O) groups excluding carboxylic acids is 1. The molecule has 0 saturated carbocycles. The van der Waals surface area contributed by atoms with Crippen LogP contribution in [0, 0.1) is 0 Å². The molecule has 0 atom stereocenters. The summed E-state index contributed by atoms with van der Waals surface area (Å²) in [5, 5.41) is 12.2. The lowest BCUT2D eigenvalue weighted by Gasteiger charge is -2.05. The van der Waals surface area contributed by atoms with Crippen molar-refractivity contribution in [1.82, 2.24) is 5.32 Å². The molecule has 0 rings (SSSR count). The average molecular weight is 212 g/mol. The molecular weight excluding hydrogens is 201 g/mol. The number of hydrogen-bond donors (Lipinski definition) is 3. The van der Waals surface area contributed by atoms with Gasteiger partial charge in [0.25, 0.3) is 0 Å². The number of nitrogens with one attached hydrogen (secondary N) is 1. The van der Waals surface area contributed by atoms with Gasteiger partial charge in [-0.15, -0.1) is 0 Å². The van der Waals surface area contributed by atoms with Gasteiger partial charge in [0.2, 0.25) is 5.91 Å². The molecule has 0 unspecified atom stereocenters. The molecule has 0 aromatic rings. The molecule has 1 radical (unpaired) electrons. The van der Waals surface area contributed by atoms with Gasteiger partial charge in [0.05, 0.1) is 6.61 Å². The van der Waals surface area contributed by atoms with Crippen molar-refractivity contribution < 1.29 is 28.8 Å². The molecule has 77 valence electrons. The Morgan fingerprint density at radius 2 is 2.08 bits per heavy atom. The van der Waals surface area contributed by atoms with Gasteiger partial charge in [0, 0.05) is 6.54 Å². The molecule has 13 heavy (non-hydrogen) atoms. The Labute approximate surface area is 75.0 Å². The Kier molecular flexibility index (Phi) is 5.85. The topological polar surface area (TPSA) is 116 Å². The van der Waals surface area contributed by atoms with Crippen LogP contribution >= 0.6 is 7.82 Å². The van der Waals surface area contributed by atoms with Gasteiger partial charge in [-0.05, 0) is 6.42 Å². The molecule has 0 spiro atoms. The van der Waals surface area contributed by atoms with Gasteiger partial charge in [-0.25, -0.2) is 9.67 Å². The van der Waals surface area contributed by atoms with Crippen molar-refractivity contribution in [3.8, 4) is 0 Å². The average Bonchev–Trinajstić information content (AvgIpc) is 2.00. The highest BCUT2D eigenvalue weighted by atomic mass is 31.2. The SMILES string of the molecule is [O]CCCNC(=O)COP(=O)(O)O. The maximum absolute atomic E-state index is 10.7. The number of amides is 1. The summed E-state index contributed by atoms with van der Waals surface area (Å²) in [7, 11) is -4.58. The van der Waals surface area contributed by atoms with Crippen molar-refractivity contribution in [3.63, 3.8) is 0 Å². The first-order valence-electron chi connectivity index (χ1n) is 3.50. The summed E-state index contributed by atoms with van der Waals surface area (Å²) >= 11 is 0. The fourth-order valence-electron chi connectivity index (χ4n) is 0.494. The summed E-state index contributed by atoms with van der Waals surface area (Å²) in [5.74, 6) is -0.656. The van der Waals surface area contributed by atoms with E-state index in [1.165, 1.54) is 0 Å². The minimum Gasteiger partial charge on any atom is -0.354 e. The number of rotatable bonds is 6. The Bertz CT molecular complexity index is 201. The Morgan fingerprint density at radius 1 is 1.46 bits per heavy atom. The molecule has 0 fully saturated rings. The van der Waals surface area contributed by atoms with Crippen molar-refractivity contribution in [1.29, 1.82) is 0 Å². The van der Waals surface area contributed by atoms with Crippen LogP contribution in [-0.2, 0) is 19.0 Å². The molecule has 1 amide bonds. The van der Waals surface area contributed by atoms with E-state index < -0.39 is 20.3 Å². The Morgan fingerprint density at radius 3 is 2.54 bits per heavy atom. The van der Waals surface area contributed by atoms with Crippen molar-refractivity contribution in [2.24, 2.45) is 0 Å². The van der Waals surface area contributed by atoms with Gasteiger partial charge in [-0.2, -0.15) is 0 Å². The highest BCUT2D eigenvalue weighted by Gasteiger charge is 2.15. The van der Waals surface area contributed by atoms with E-state index in [4.69, 9.17) is 9.79 Å². The summed E-state index contributed by atoms with van der Waals surface area (Å²) in [6, 6.07) is 0. The van der Waals surface area contributed by atoms with Gasteiger partial charge < -0.3 is 15.1 Å². The van der Waals surface area contributed by atoms with Gasteiger partial charge in [-0.1, -0.05) is 0 Å². The monoisotopic (exact) mass is 212 g/mol. The van der Waals surface area contributed by atoms with E-state index in [0.29, 0.717) is 0 Å². The Balaban J connectivity index is 3.47. The first-order valence-corrected chi connectivity index (χ1v) is 5.03. The predicted octanol–water partition coefficient (Wildman–Crippen LogP) is -0.968. The molecule has 0 aliphatic carbocycles. The highest BCUT2D eigenvalue weighted by Crippen LogP contribution is 2.35. The quantitative estimate of drug-likeness (QED) is 0.387. The Hall–Kier alpha value is -0.460. The normalized spacial score (nSPS) is 11.3. The first kappa shape index (κ1) is 12.5. The van der Waals surface area contributed by atoms with E-state index in [-0.39, 0.29) is 19.6 Å². The van der Waals surface area contributed by atoms with Crippen LogP contribution in [0.15, 0.2) is 0 Å². The van der Waals surface area contributed by atoms with E-state index >= 15 is 0 Å². The first-order chi connectivity index (χ1) is 5.95. The summed E-state index contributed by atoms with van der Waals surface area (Å²) in [5.41, 5.74) is 0. The third kappa shape index (κ3) is 9.45. The lowest BCUT2D eigenvalue weighted by molar-refractivity contribution is -0.123. The van der Waals surface area contributed by atoms with Crippen molar-refractivity contribution in [2.75, 3.05) is 19.8 Å². The molecule has 0 bridgehead atoms. The van der Waals surface area contributed by atoms with E-state index in [0.717, 1.165) is 0 Å². The van der Waals surface area contributed by atoms with Crippen molar-refractivity contribution in [2.45, 2.75) is 6.42 Å². The van der Waals surface area contributed by atoms with Crippen LogP contribution in [0.1, 0.15) is 6.42 Å². The zero-order valence-corrected chi connectivity index (χ0v) is 7.70. The van der Waals surface area contributed by atoms with E-state index in [9.17, 15) is 14.5 Å². The van der Waals surface area contributed by atoms with E-state index in [2.05, 4.69) is 9.84 Å². The van der Waals surface area contributed by atoms with Crippen LogP contribution in [0.25, 0.3) is 0 Å². The lowest BCUT2D eigenvalue weighted by atomic mass is 10.4. The number of phosphoric ester groups is 1. The van der Waals surface area contributed by atoms with Crippen LogP contribution in [0.2, 0.25) is 0 Å². The van der Waals surface area contributed by atoms with Gasteiger partial charge in [-0.3, -0.25) is 9.32 Å². The summed E-state index contributed by atoms with van der Waals surface area (Å²) in [6.07, 6.45) is 0.279.